The third-order valence-corrected chi connectivity index (χ3v) is 5.68. The Balaban J connectivity index is 1.35. The zero-order chi connectivity index (χ0) is 16.4. The van der Waals surface area contributed by atoms with Crippen LogP contribution in [0.2, 0.25) is 0 Å². The summed E-state index contributed by atoms with van der Waals surface area (Å²) in [5.41, 5.74) is 3.32. The maximum Gasteiger partial charge on any atom is 0.252 e. The first-order valence-electron chi connectivity index (χ1n) is 8.73. The molecule has 3 heterocycles. The second-order valence-corrected chi connectivity index (χ2v) is 7.41. The number of fused-ring (bicyclic) bond motifs is 1. The van der Waals surface area contributed by atoms with Gasteiger partial charge in [-0.25, -0.2) is 0 Å². The van der Waals surface area contributed by atoms with Crippen LogP contribution in [-0.2, 0) is 12.8 Å². The lowest BCUT2D eigenvalue weighted by molar-refractivity contribution is 0.0931. The Hall–Kier alpha value is -1.95. The van der Waals surface area contributed by atoms with E-state index < -0.39 is 0 Å². The van der Waals surface area contributed by atoms with Gasteiger partial charge in [-0.3, -0.25) is 4.79 Å². The van der Waals surface area contributed by atoms with Crippen molar-refractivity contribution in [1.82, 2.24) is 15.5 Å². The first-order valence-corrected chi connectivity index (χ1v) is 9.67. The van der Waals surface area contributed by atoms with E-state index >= 15 is 0 Å². The minimum atomic E-state index is 0.0447. The number of carbonyl (C=O) groups excluding carboxylic acids is 1. The first-order chi connectivity index (χ1) is 11.8. The number of thiophene rings is 1. The molecule has 5 nitrogen and oxygen atoms in total. The van der Waals surface area contributed by atoms with Crippen molar-refractivity contribution in [2.75, 3.05) is 18.0 Å². The Morgan fingerprint density at radius 3 is 2.83 bits per heavy atom. The summed E-state index contributed by atoms with van der Waals surface area (Å²) in [6.45, 7) is 1.84. The van der Waals surface area contributed by atoms with Crippen LogP contribution in [0.1, 0.15) is 47.3 Å². The molecule has 0 saturated carbocycles. The molecule has 1 N–H and O–H groups in total. The summed E-state index contributed by atoms with van der Waals surface area (Å²) >= 11 is 1.55. The van der Waals surface area contributed by atoms with Gasteiger partial charge in [-0.05, 0) is 61.6 Å². The van der Waals surface area contributed by atoms with Crippen LogP contribution >= 0.6 is 11.3 Å². The maximum atomic E-state index is 12.1. The predicted octanol–water partition coefficient (Wildman–Crippen LogP) is 2.82. The van der Waals surface area contributed by atoms with E-state index in [0.29, 0.717) is 0 Å². The number of hydrogen-bond acceptors (Lipinski definition) is 5. The third kappa shape index (κ3) is 3.29. The van der Waals surface area contributed by atoms with Crippen molar-refractivity contribution in [1.29, 1.82) is 0 Å². The predicted molar refractivity (Wildman–Crippen MR) is 95.7 cm³/mol. The monoisotopic (exact) mass is 342 g/mol. The van der Waals surface area contributed by atoms with Gasteiger partial charge in [0.05, 0.1) is 5.69 Å². The Kier molecular flexibility index (Phi) is 4.47. The molecule has 24 heavy (non-hydrogen) atoms. The van der Waals surface area contributed by atoms with Crippen molar-refractivity contribution in [3.63, 3.8) is 0 Å². The van der Waals surface area contributed by atoms with E-state index in [0.717, 1.165) is 50.2 Å². The molecule has 0 radical (unpaired) electrons. The normalized spacial score (nSPS) is 18.2. The van der Waals surface area contributed by atoms with Gasteiger partial charge in [0.1, 0.15) is 0 Å². The SMILES string of the molecule is O=C(NC1CCN(c2cc3c(nn2)CCCC3)CC1)c1ccsc1. The van der Waals surface area contributed by atoms with Gasteiger partial charge in [0.2, 0.25) is 0 Å². The molecule has 6 heteroatoms. The van der Waals surface area contributed by atoms with Crippen molar-refractivity contribution in [3.05, 3.63) is 39.7 Å². The van der Waals surface area contributed by atoms with Gasteiger partial charge in [-0.2, -0.15) is 16.4 Å². The quantitative estimate of drug-likeness (QED) is 0.932. The lowest BCUT2D eigenvalue weighted by Gasteiger charge is -2.33. The molecule has 1 aliphatic carbocycles. The van der Waals surface area contributed by atoms with Gasteiger partial charge in [0, 0.05) is 30.1 Å². The number of piperidine rings is 1. The largest absolute Gasteiger partial charge is 0.355 e. The maximum absolute atomic E-state index is 12.1. The smallest absolute Gasteiger partial charge is 0.252 e. The van der Waals surface area contributed by atoms with E-state index in [9.17, 15) is 4.79 Å². The van der Waals surface area contributed by atoms with Gasteiger partial charge in [0.25, 0.3) is 5.91 Å². The Bertz CT molecular complexity index is 708. The van der Waals surface area contributed by atoms with E-state index in [1.54, 1.807) is 11.3 Å². The summed E-state index contributed by atoms with van der Waals surface area (Å²) < 4.78 is 0. The number of nitrogens with zero attached hydrogens (tertiary/aromatic N) is 3. The van der Waals surface area contributed by atoms with Crippen molar-refractivity contribution >= 4 is 23.1 Å². The molecule has 0 unspecified atom stereocenters. The fourth-order valence-corrected chi connectivity index (χ4v) is 4.18. The topological polar surface area (TPSA) is 58.1 Å². The molecule has 1 fully saturated rings. The molecule has 2 aromatic heterocycles. The van der Waals surface area contributed by atoms with Crippen LogP contribution < -0.4 is 10.2 Å². The average Bonchev–Trinajstić information content (AvgIpc) is 3.17. The number of nitrogens with one attached hydrogen (secondary N) is 1. The van der Waals surface area contributed by atoms with Crippen LogP contribution in [-0.4, -0.2) is 35.2 Å². The third-order valence-electron chi connectivity index (χ3n) is 4.99. The zero-order valence-electron chi connectivity index (χ0n) is 13.7. The second kappa shape index (κ2) is 6.89. The average molecular weight is 342 g/mol. The Morgan fingerprint density at radius 2 is 2.04 bits per heavy atom. The summed E-state index contributed by atoms with van der Waals surface area (Å²) in [5.74, 6) is 1.04. The minimum Gasteiger partial charge on any atom is -0.355 e. The molecule has 1 aliphatic heterocycles. The van der Waals surface area contributed by atoms with Gasteiger partial charge in [-0.15, -0.1) is 5.10 Å². The Morgan fingerprint density at radius 1 is 1.21 bits per heavy atom. The van der Waals surface area contributed by atoms with Crippen LogP contribution in [0, 0.1) is 0 Å². The highest BCUT2D eigenvalue weighted by Crippen LogP contribution is 2.24. The summed E-state index contributed by atoms with van der Waals surface area (Å²) in [7, 11) is 0. The number of aromatic nitrogens is 2. The molecule has 0 bridgehead atoms. The van der Waals surface area contributed by atoms with Gasteiger partial charge in [-0.1, -0.05) is 0 Å². The van der Waals surface area contributed by atoms with Crippen molar-refractivity contribution < 1.29 is 4.79 Å². The Labute approximate surface area is 146 Å². The van der Waals surface area contributed by atoms with E-state index in [1.807, 2.05) is 16.8 Å². The number of amides is 1. The van der Waals surface area contributed by atoms with E-state index in [1.165, 1.54) is 24.1 Å². The number of hydrogen-bond donors (Lipinski definition) is 1. The number of aryl methyl sites for hydroxylation is 2. The lowest BCUT2D eigenvalue weighted by atomic mass is 9.96. The zero-order valence-corrected chi connectivity index (χ0v) is 14.5. The summed E-state index contributed by atoms with van der Waals surface area (Å²) in [6.07, 6.45) is 6.60. The first kappa shape index (κ1) is 15.6. The summed E-state index contributed by atoms with van der Waals surface area (Å²) in [4.78, 5) is 14.4. The van der Waals surface area contributed by atoms with E-state index in [4.69, 9.17) is 0 Å². The van der Waals surface area contributed by atoms with E-state index in [-0.39, 0.29) is 11.9 Å². The molecule has 0 aromatic carbocycles. The molecule has 0 spiro atoms. The van der Waals surface area contributed by atoms with Gasteiger partial charge >= 0.3 is 0 Å². The fraction of sp³-hybridized carbons (Fsp3) is 0.500. The van der Waals surface area contributed by atoms with Crippen LogP contribution in [0.4, 0.5) is 5.82 Å². The molecule has 2 aliphatic rings. The fourth-order valence-electron chi connectivity index (χ4n) is 3.55. The minimum absolute atomic E-state index is 0.0447. The highest BCUT2D eigenvalue weighted by Gasteiger charge is 2.23. The van der Waals surface area contributed by atoms with E-state index in [2.05, 4.69) is 26.5 Å². The summed E-state index contributed by atoms with van der Waals surface area (Å²) in [6, 6.07) is 4.35. The molecule has 1 saturated heterocycles. The van der Waals surface area contributed by atoms with Crippen LogP contribution in [0.25, 0.3) is 0 Å². The molecular formula is C18H22N4OS. The van der Waals surface area contributed by atoms with Crippen molar-refractivity contribution in [2.45, 2.75) is 44.6 Å². The number of rotatable bonds is 3. The van der Waals surface area contributed by atoms with Crippen molar-refractivity contribution in [2.24, 2.45) is 0 Å². The number of carbonyl (C=O) groups is 1. The summed E-state index contributed by atoms with van der Waals surface area (Å²) in [5, 5.41) is 15.8. The molecule has 126 valence electrons. The van der Waals surface area contributed by atoms with Crippen LogP contribution in [0.5, 0.6) is 0 Å². The molecule has 1 amide bonds. The van der Waals surface area contributed by atoms with Crippen LogP contribution in [0.15, 0.2) is 22.9 Å². The molecule has 0 atom stereocenters. The lowest BCUT2D eigenvalue weighted by Crippen LogP contribution is -2.45. The molecule has 2 aromatic rings. The number of anilines is 1. The highest BCUT2D eigenvalue weighted by atomic mass is 32.1. The van der Waals surface area contributed by atoms with Crippen molar-refractivity contribution in [3.8, 4) is 0 Å². The van der Waals surface area contributed by atoms with Gasteiger partial charge < -0.3 is 10.2 Å². The second-order valence-electron chi connectivity index (χ2n) is 6.63. The van der Waals surface area contributed by atoms with Gasteiger partial charge in [0.15, 0.2) is 5.82 Å². The molecule has 4 rings (SSSR count). The standard InChI is InChI=1S/C18H22N4OS/c23-18(14-7-10-24-12-14)19-15-5-8-22(9-6-15)17-11-13-3-1-2-4-16(13)20-21-17/h7,10-12,15H,1-6,8-9H2,(H,19,23). The van der Waals surface area contributed by atoms with Crippen LogP contribution in [0.3, 0.4) is 0 Å². The highest BCUT2D eigenvalue weighted by molar-refractivity contribution is 7.08. The molecular weight excluding hydrogens is 320 g/mol.